The molecule has 1 aromatic rings. The van der Waals surface area contributed by atoms with Gasteiger partial charge in [-0.2, -0.15) is 0 Å². The first-order valence-electron chi connectivity index (χ1n) is 6.33. The maximum Gasteiger partial charge on any atom is 0.240 e. The summed E-state index contributed by atoms with van der Waals surface area (Å²) in [6, 6.07) is 6.94. The Hall–Kier alpha value is -1.07. The molecule has 1 aromatic carbocycles. The Kier molecular flexibility index (Phi) is 3.64. The van der Waals surface area contributed by atoms with Crippen LogP contribution in [0.25, 0.3) is 0 Å². The second-order valence-corrected chi connectivity index (χ2v) is 6.87. The Labute approximate surface area is 109 Å². The number of nitrogens with one attached hydrogen (secondary N) is 2. The Morgan fingerprint density at radius 2 is 1.83 bits per heavy atom. The fourth-order valence-electron chi connectivity index (χ4n) is 1.70. The Balaban J connectivity index is 2.07. The zero-order chi connectivity index (χ0) is 13.2. The fourth-order valence-corrected chi connectivity index (χ4v) is 2.83. The summed E-state index contributed by atoms with van der Waals surface area (Å²) in [7, 11) is -3.35. The Bertz CT molecular complexity index is 504. The van der Waals surface area contributed by atoms with E-state index in [1.54, 1.807) is 12.1 Å². The van der Waals surface area contributed by atoms with Gasteiger partial charge in [-0.15, -0.1) is 0 Å². The highest BCUT2D eigenvalue weighted by molar-refractivity contribution is 7.89. The van der Waals surface area contributed by atoms with Crippen LogP contribution in [0.3, 0.4) is 0 Å². The number of rotatable bonds is 6. The first-order valence-corrected chi connectivity index (χ1v) is 7.81. The zero-order valence-corrected chi connectivity index (χ0v) is 11.7. The van der Waals surface area contributed by atoms with E-state index in [1.165, 1.54) is 12.8 Å². The van der Waals surface area contributed by atoms with E-state index in [1.807, 2.05) is 19.1 Å². The third-order valence-corrected chi connectivity index (χ3v) is 4.63. The molecule has 1 saturated carbocycles. The summed E-state index contributed by atoms with van der Waals surface area (Å²) in [5.74, 6) is 0. The molecule has 2 rings (SSSR count). The van der Waals surface area contributed by atoms with Crippen molar-refractivity contribution in [1.82, 2.24) is 4.72 Å². The van der Waals surface area contributed by atoms with Crippen molar-refractivity contribution in [3.05, 3.63) is 24.3 Å². The van der Waals surface area contributed by atoms with Gasteiger partial charge in [0.2, 0.25) is 10.0 Å². The highest BCUT2D eigenvalue weighted by Gasteiger charge is 2.36. The van der Waals surface area contributed by atoms with Gasteiger partial charge in [-0.1, -0.05) is 6.92 Å². The van der Waals surface area contributed by atoms with Gasteiger partial charge in [0.1, 0.15) is 0 Å². The fraction of sp³-hybridized carbons (Fsp3) is 0.538. The minimum atomic E-state index is -3.35. The van der Waals surface area contributed by atoms with Crippen LogP contribution in [0.15, 0.2) is 29.2 Å². The largest absolute Gasteiger partial charge is 0.380 e. The summed E-state index contributed by atoms with van der Waals surface area (Å²) in [5.41, 5.74) is 1.19. The molecule has 0 aliphatic heterocycles. The monoisotopic (exact) mass is 268 g/mol. The number of hydrogen-bond donors (Lipinski definition) is 2. The Morgan fingerprint density at radius 1 is 1.22 bits per heavy atom. The molecule has 0 bridgehead atoms. The number of sulfonamides is 1. The maximum absolute atomic E-state index is 11.9. The van der Waals surface area contributed by atoms with E-state index in [2.05, 4.69) is 17.0 Å². The van der Waals surface area contributed by atoms with Gasteiger partial charge in [-0.3, -0.25) is 0 Å². The molecule has 1 aliphatic carbocycles. The second kappa shape index (κ2) is 4.90. The van der Waals surface area contributed by atoms with Gasteiger partial charge in [-0.05, 0) is 50.5 Å². The van der Waals surface area contributed by atoms with Crippen LogP contribution in [-0.2, 0) is 10.0 Å². The molecular weight excluding hydrogens is 248 g/mol. The van der Waals surface area contributed by atoms with Crippen LogP contribution >= 0.6 is 0 Å². The quantitative estimate of drug-likeness (QED) is 0.832. The van der Waals surface area contributed by atoms with Crippen molar-refractivity contribution in [2.45, 2.75) is 43.5 Å². The van der Waals surface area contributed by atoms with Crippen LogP contribution in [-0.4, -0.2) is 20.5 Å². The smallest absolute Gasteiger partial charge is 0.240 e. The van der Waals surface area contributed by atoms with Crippen LogP contribution in [0.4, 0.5) is 5.69 Å². The van der Waals surface area contributed by atoms with Gasteiger partial charge in [-0.25, -0.2) is 13.1 Å². The molecule has 0 atom stereocenters. The van der Waals surface area contributed by atoms with Crippen LogP contribution in [0.5, 0.6) is 0 Å². The van der Waals surface area contributed by atoms with Crippen LogP contribution in [0, 0.1) is 0 Å². The molecule has 2 N–H and O–H groups in total. The number of benzene rings is 1. The van der Waals surface area contributed by atoms with E-state index in [4.69, 9.17) is 0 Å². The lowest BCUT2D eigenvalue weighted by Gasteiger charge is -2.13. The summed E-state index contributed by atoms with van der Waals surface area (Å²) in [6.45, 7) is 4.58. The van der Waals surface area contributed by atoms with E-state index in [-0.39, 0.29) is 5.54 Å². The van der Waals surface area contributed by atoms with Gasteiger partial charge in [0.05, 0.1) is 4.90 Å². The summed E-state index contributed by atoms with van der Waals surface area (Å²) in [5, 5.41) is 3.40. The van der Waals surface area contributed by atoms with Crippen molar-refractivity contribution >= 4 is 15.7 Å². The van der Waals surface area contributed by atoms with Gasteiger partial charge in [0.25, 0.3) is 0 Å². The lowest BCUT2D eigenvalue weighted by Crippen LogP contribution is -2.24. The van der Waals surface area contributed by atoms with Crippen molar-refractivity contribution in [2.24, 2.45) is 0 Å². The SMILES string of the molecule is CCCNS(=O)(=O)c1ccc(NC2(C)CC2)cc1. The van der Waals surface area contributed by atoms with Gasteiger partial charge >= 0.3 is 0 Å². The molecule has 0 heterocycles. The van der Waals surface area contributed by atoms with Gasteiger partial charge in [0, 0.05) is 17.8 Å². The topological polar surface area (TPSA) is 58.2 Å². The number of hydrogen-bond acceptors (Lipinski definition) is 3. The van der Waals surface area contributed by atoms with Gasteiger partial charge < -0.3 is 5.32 Å². The molecule has 0 spiro atoms. The van der Waals surface area contributed by atoms with E-state index in [0.29, 0.717) is 11.4 Å². The highest BCUT2D eigenvalue weighted by Crippen LogP contribution is 2.38. The highest BCUT2D eigenvalue weighted by atomic mass is 32.2. The van der Waals surface area contributed by atoms with E-state index in [9.17, 15) is 8.42 Å². The van der Waals surface area contributed by atoms with Crippen LogP contribution < -0.4 is 10.0 Å². The van der Waals surface area contributed by atoms with E-state index < -0.39 is 10.0 Å². The predicted octanol–water partition coefficient (Wildman–Crippen LogP) is 2.34. The predicted molar refractivity (Wildman–Crippen MR) is 73.2 cm³/mol. The molecule has 0 aromatic heterocycles. The maximum atomic E-state index is 11.9. The molecule has 1 fully saturated rings. The summed E-state index contributed by atoms with van der Waals surface area (Å²) < 4.78 is 26.3. The van der Waals surface area contributed by atoms with Crippen molar-refractivity contribution < 1.29 is 8.42 Å². The van der Waals surface area contributed by atoms with E-state index >= 15 is 0 Å². The molecule has 0 amide bonds. The minimum Gasteiger partial charge on any atom is -0.380 e. The molecule has 4 nitrogen and oxygen atoms in total. The summed E-state index contributed by atoms with van der Waals surface area (Å²) in [4.78, 5) is 0.322. The molecular formula is C13H20N2O2S. The van der Waals surface area contributed by atoms with Crippen molar-refractivity contribution in [3.8, 4) is 0 Å². The summed E-state index contributed by atoms with van der Waals surface area (Å²) >= 11 is 0. The Morgan fingerprint density at radius 3 is 2.33 bits per heavy atom. The normalized spacial score (nSPS) is 17.4. The molecule has 0 saturated heterocycles. The van der Waals surface area contributed by atoms with Crippen molar-refractivity contribution in [2.75, 3.05) is 11.9 Å². The third-order valence-electron chi connectivity index (χ3n) is 3.15. The molecule has 0 radical (unpaired) electrons. The van der Waals surface area contributed by atoms with Crippen LogP contribution in [0.1, 0.15) is 33.1 Å². The lowest BCUT2D eigenvalue weighted by atomic mass is 10.2. The third kappa shape index (κ3) is 3.23. The molecule has 5 heteroatoms. The second-order valence-electron chi connectivity index (χ2n) is 5.11. The van der Waals surface area contributed by atoms with Crippen LogP contribution in [0.2, 0.25) is 0 Å². The molecule has 100 valence electrons. The zero-order valence-electron chi connectivity index (χ0n) is 10.9. The number of anilines is 1. The minimum absolute atomic E-state index is 0.209. The summed E-state index contributed by atoms with van der Waals surface area (Å²) in [6.07, 6.45) is 3.13. The first kappa shape index (κ1) is 13.4. The van der Waals surface area contributed by atoms with Crippen molar-refractivity contribution in [1.29, 1.82) is 0 Å². The van der Waals surface area contributed by atoms with Crippen molar-refractivity contribution in [3.63, 3.8) is 0 Å². The average molecular weight is 268 g/mol. The lowest BCUT2D eigenvalue weighted by molar-refractivity contribution is 0.581. The molecule has 0 unspecified atom stereocenters. The average Bonchev–Trinajstić information content (AvgIpc) is 3.05. The molecule has 18 heavy (non-hydrogen) atoms. The van der Waals surface area contributed by atoms with Gasteiger partial charge in [0.15, 0.2) is 0 Å². The standard InChI is InChI=1S/C13H20N2O2S/c1-3-10-14-18(16,17)12-6-4-11(5-7-12)15-13(2)8-9-13/h4-7,14-15H,3,8-10H2,1-2H3. The van der Waals surface area contributed by atoms with E-state index in [0.717, 1.165) is 12.1 Å². The first-order chi connectivity index (χ1) is 8.45. The molecule has 1 aliphatic rings.